The van der Waals surface area contributed by atoms with Crippen LogP contribution in [-0.2, 0) is 14.1 Å². The van der Waals surface area contributed by atoms with Crippen LogP contribution in [0.15, 0.2) is 12.2 Å². The summed E-state index contributed by atoms with van der Waals surface area (Å²) >= 11 is 0. The van der Waals surface area contributed by atoms with Gasteiger partial charge in [-0.3, -0.25) is 0 Å². The number of hydrogen-bond donors (Lipinski definition) is 4. The maximum Gasteiger partial charge on any atom is 0.466 e. The first-order chi connectivity index (χ1) is 6.54. The van der Waals surface area contributed by atoms with E-state index in [1.165, 1.54) is 0 Å². The second-order valence-corrected chi connectivity index (χ2v) is 3.77. The third-order valence-corrected chi connectivity index (χ3v) is 0.804. The highest BCUT2D eigenvalue weighted by atomic mass is 31.2. The number of carbonyl (C=O) groups is 1. The van der Waals surface area contributed by atoms with E-state index in [1.54, 1.807) is 13.8 Å². The van der Waals surface area contributed by atoms with Gasteiger partial charge >= 0.3 is 13.8 Å². The van der Waals surface area contributed by atoms with Gasteiger partial charge in [0.25, 0.3) is 0 Å². The molecule has 0 aromatic heterocycles. The fourth-order valence-electron chi connectivity index (χ4n) is 0.319. The smallest absolute Gasteiger partial charge is 0.460 e. The van der Waals surface area contributed by atoms with E-state index in [1.807, 2.05) is 0 Å². The van der Waals surface area contributed by atoms with Crippen molar-refractivity contribution in [2.75, 3.05) is 6.61 Å². The summed E-state index contributed by atoms with van der Waals surface area (Å²) in [6, 6.07) is 0. The van der Waals surface area contributed by atoms with E-state index in [0.29, 0.717) is 5.57 Å². The Hall–Kier alpha value is -0.720. The van der Waals surface area contributed by atoms with Crippen LogP contribution < -0.4 is 0 Å². The first-order valence-electron chi connectivity index (χ1n) is 3.83. The molecule has 0 aromatic carbocycles. The monoisotopic (exact) mass is 242 g/mol. The first-order valence-corrected chi connectivity index (χ1v) is 5.39. The van der Waals surface area contributed by atoms with Gasteiger partial charge in [0.1, 0.15) is 6.61 Å². The van der Waals surface area contributed by atoms with Gasteiger partial charge in [-0.1, -0.05) is 6.58 Å². The lowest BCUT2D eigenvalue weighted by Crippen LogP contribution is -2.15. The summed E-state index contributed by atoms with van der Waals surface area (Å²) in [5, 5.41) is 8.68. The summed E-state index contributed by atoms with van der Waals surface area (Å²) in [6.45, 7) is 6.52. The standard InChI is InChI=1S/C7H12O3.H3O4P/c1-5(2)7(9)10-4-6(3)8;1-5(2,3)4/h6,8H,1,4H2,2-3H3;(H3,1,2,3,4). The van der Waals surface area contributed by atoms with Crippen molar-refractivity contribution in [3.63, 3.8) is 0 Å². The van der Waals surface area contributed by atoms with Gasteiger partial charge in [0.15, 0.2) is 0 Å². The van der Waals surface area contributed by atoms with Crippen LogP contribution in [0, 0.1) is 0 Å². The van der Waals surface area contributed by atoms with Gasteiger partial charge in [0.2, 0.25) is 0 Å². The van der Waals surface area contributed by atoms with Gasteiger partial charge in [-0.25, -0.2) is 9.36 Å². The lowest BCUT2D eigenvalue weighted by molar-refractivity contribution is -0.141. The Morgan fingerprint density at radius 2 is 1.80 bits per heavy atom. The van der Waals surface area contributed by atoms with E-state index >= 15 is 0 Å². The second kappa shape index (κ2) is 7.56. The van der Waals surface area contributed by atoms with Gasteiger partial charge in [0.05, 0.1) is 6.10 Å². The third kappa shape index (κ3) is 24.6. The molecule has 7 nitrogen and oxygen atoms in total. The van der Waals surface area contributed by atoms with Crippen LogP contribution in [0.1, 0.15) is 13.8 Å². The van der Waals surface area contributed by atoms with Crippen molar-refractivity contribution in [3.05, 3.63) is 12.2 Å². The number of rotatable bonds is 3. The number of carbonyl (C=O) groups excluding carboxylic acids is 1. The van der Waals surface area contributed by atoms with Gasteiger partial charge in [-0.15, -0.1) is 0 Å². The molecule has 0 aliphatic heterocycles. The van der Waals surface area contributed by atoms with E-state index in [4.69, 9.17) is 24.4 Å². The fourth-order valence-corrected chi connectivity index (χ4v) is 0.319. The zero-order valence-corrected chi connectivity index (χ0v) is 9.35. The van der Waals surface area contributed by atoms with Crippen LogP contribution in [0.5, 0.6) is 0 Å². The summed E-state index contributed by atoms with van der Waals surface area (Å²) in [7, 11) is -4.64. The zero-order chi connectivity index (χ0) is 12.6. The van der Waals surface area contributed by atoms with Gasteiger partial charge < -0.3 is 24.5 Å². The zero-order valence-electron chi connectivity index (χ0n) is 8.45. The van der Waals surface area contributed by atoms with E-state index in [-0.39, 0.29) is 6.61 Å². The second-order valence-electron chi connectivity index (χ2n) is 2.74. The van der Waals surface area contributed by atoms with Crippen molar-refractivity contribution >= 4 is 13.8 Å². The average Bonchev–Trinajstić information content (AvgIpc) is 1.96. The summed E-state index contributed by atoms with van der Waals surface area (Å²) in [5.41, 5.74) is 0.348. The predicted octanol–water partition coefficient (Wildman–Crippen LogP) is -0.442. The molecule has 0 saturated heterocycles. The van der Waals surface area contributed by atoms with Crippen LogP contribution in [0.25, 0.3) is 0 Å². The molecule has 90 valence electrons. The van der Waals surface area contributed by atoms with Crippen molar-refractivity contribution in [1.82, 2.24) is 0 Å². The predicted molar refractivity (Wildman–Crippen MR) is 51.7 cm³/mol. The number of ether oxygens (including phenoxy) is 1. The molecule has 0 aliphatic rings. The number of aliphatic hydroxyl groups is 1. The third-order valence-electron chi connectivity index (χ3n) is 0.804. The van der Waals surface area contributed by atoms with Crippen LogP contribution >= 0.6 is 7.82 Å². The number of hydrogen-bond acceptors (Lipinski definition) is 4. The Morgan fingerprint density at radius 1 is 1.47 bits per heavy atom. The maximum absolute atomic E-state index is 10.6. The van der Waals surface area contributed by atoms with Crippen LogP contribution in [-0.4, -0.2) is 38.5 Å². The van der Waals surface area contributed by atoms with Crippen LogP contribution in [0.2, 0.25) is 0 Å². The van der Waals surface area contributed by atoms with Gasteiger partial charge in [0, 0.05) is 5.57 Å². The van der Waals surface area contributed by atoms with Crippen molar-refractivity contribution in [1.29, 1.82) is 0 Å². The lowest BCUT2D eigenvalue weighted by Gasteiger charge is -2.04. The van der Waals surface area contributed by atoms with E-state index in [9.17, 15) is 4.79 Å². The van der Waals surface area contributed by atoms with Crippen LogP contribution in [0.3, 0.4) is 0 Å². The largest absolute Gasteiger partial charge is 0.466 e. The molecule has 0 aliphatic carbocycles. The molecule has 0 rings (SSSR count). The molecule has 0 aromatic rings. The quantitative estimate of drug-likeness (QED) is 0.300. The molecular formula is C7H15O7P. The minimum Gasteiger partial charge on any atom is -0.460 e. The molecule has 0 bridgehead atoms. The highest BCUT2D eigenvalue weighted by molar-refractivity contribution is 7.45. The number of phosphoric acid groups is 1. The molecule has 0 fully saturated rings. The first kappa shape index (κ1) is 16.7. The molecular weight excluding hydrogens is 227 g/mol. The Kier molecular flexibility index (Phi) is 8.41. The Morgan fingerprint density at radius 3 is 2.00 bits per heavy atom. The molecule has 4 N–H and O–H groups in total. The summed E-state index contributed by atoms with van der Waals surface area (Å²) in [4.78, 5) is 32.2. The normalized spacial score (nSPS) is 12.1. The molecule has 1 atom stereocenters. The van der Waals surface area contributed by atoms with Gasteiger partial charge in [-0.2, -0.15) is 0 Å². The maximum atomic E-state index is 10.6. The summed E-state index contributed by atoms with van der Waals surface area (Å²) in [6.07, 6.45) is -0.608. The molecule has 0 amide bonds. The molecule has 0 saturated carbocycles. The SMILES string of the molecule is C=C(C)C(=O)OCC(C)O.O=P(O)(O)O. The van der Waals surface area contributed by atoms with E-state index in [2.05, 4.69) is 11.3 Å². The molecule has 0 heterocycles. The molecule has 15 heavy (non-hydrogen) atoms. The minimum atomic E-state index is -4.64. The van der Waals surface area contributed by atoms with E-state index in [0.717, 1.165) is 0 Å². The molecule has 0 radical (unpaired) electrons. The highest BCUT2D eigenvalue weighted by Gasteiger charge is 2.03. The average molecular weight is 242 g/mol. The van der Waals surface area contributed by atoms with Crippen molar-refractivity contribution < 1.29 is 33.9 Å². The van der Waals surface area contributed by atoms with Crippen molar-refractivity contribution in [2.24, 2.45) is 0 Å². The Bertz CT molecular complexity index is 246. The number of aliphatic hydroxyl groups excluding tert-OH is 1. The molecule has 0 spiro atoms. The fraction of sp³-hybridized carbons (Fsp3) is 0.571. The summed E-state index contributed by atoms with van der Waals surface area (Å²) in [5.74, 6) is -0.457. The van der Waals surface area contributed by atoms with Gasteiger partial charge in [-0.05, 0) is 13.8 Å². The van der Waals surface area contributed by atoms with Crippen molar-refractivity contribution in [2.45, 2.75) is 20.0 Å². The lowest BCUT2D eigenvalue weighted by atomic mass is 10.3. The summed E-state index contributed by atoms with van der Waals surface area (Å²) < 4.78 is 13.5. The minimum absolute atomic E-state index is 0.0334. The number of esters is 1. The Balaban J connectivity index is 0. The highest BCUT2D eigenvalue weighted by Crippen LogP contribution is 2.25. The Labute approximate surface area is 87.2 Å². The van der Waals surface area contributed by atoms with Crippen molar-refractivity contribution in [3.8, 4) is 0 Å². The van der Waals surface area contributed by atoms with E-state index < -0.39 is 19.9 Å². The topological polar surface area (TPSA) is 124 Å². The molecule has 1 unspecified atom stereocenters. The molecule has 8 heteroatoms. The van der Waals surface area contributed by atoms with Crippen LogP contribution in [0.4, 0.5) is 0 Å².